The summed E-state index contributed by atoms with van der Waals surface area (Å²) in [4.78, 5) is 12.9. The van der Waals surface area contributed by atoms with E-state index in [1.165, 1.54) is 25.9 Å². The molecule has 1 N–H and O–H groups in total. The maximum absolute atomic E-state index is 13.5. The van der Waals surface area contributed by atoms with Gasteiger partial charge in [-0.05, 0) is 25.1 Å². The van der Waals surface area contributed by atoms with Crippen molar-refractivity contribution in [3.63, 3.8) is 0 Å². The number of halogens is 4. The fourth-order valence-electron chi connectivity index (χ4n) is 1.49. The zero-order valence-corrected chi connectivity index (χ0v) is 10.7. The number of hydrogen-bond acceptors (Lipinski definition) is 2. The number of hydrogen-bond donors (Lipinski definition) is 1. The van der Waals surface area contributed by atoms with Gasteiger partial charge in [0.15, 0.2) is 0 Å². The molecular formula is C12H14F4N2O. The van der Waals surface area contributed by atoms with Crippen molar-refractivity contribution in [1.82, 2.24) is 4.90 Å². The highest BCUT2D eigenvalue weighted by atomic mass is 19.4. The monoisotopic (exact) mass is 278 g/mol. The number of alkyl halides is 3. The molecule has 7 heteroatoms. The molecule has 1 unspecified atom stereocenters. The number of nitrogens with one attached hydrogen (secondary N) is 1. The van der Waals surface area contributed by atoms with Crippen molar-refractivity contribution >= 4 is 11.6 Å². The summed E-state index contributed by atoms with van der Waals surface area (Å²) >= 11 is 0. The molecule has 0 spiro atoms. The van der Waals surface area contributed by atoms with E-state index >= 15 is 0 Å². The molecule has 0 fully saturated rings. The Morgan fingerprint density at radius 2 is 1.89 bits per heavy atom. The van der Waals surface area contributed by atoms with Gasteiger partial charge in [-0.15, -0.1) is 0 Å². The van der Waals surface area contributed by atoms with Gasteiger partial charge in [0, 0.05) is 14.1 Å². The molecule has 106 valence electrons. The smallest absolute Gasteiger partial charge is 0.372 e. The first-order valence-electron chi connectivity index (χ1n) is 5.47. The van der Waals surface area contributed by atoms with E-state index in [1.807, 2.05) is 0 Å². The van der Waals surface area contributed by atoms with Crippen molar-refractivity contribution < 1.29 is 22.4 Å². The van der Waals surface area contributed by atoms with Gasteiger partial charge in [-0.2, -0.15) is 13.2 Å². The van der Waals surface area contributed by atoms with Gasteiger partial charge >= 0.3 is 6.18 Å². The predicted octanol–water partition coefficient (Wildman–Crippen LogP) is 2.73. The van der Waals surface area contributed by atoms with Gasteiger partial charge in [0.05, 0.1) is 11.3 Å². The van der Waals surface area contributed by atoms with Crippen molar-refractivity contribution in [1.29, 1.82) is 0 Å². The van der Waals surface area contributed by atoms with Crippen molar-refractivity contribution in [3.8, 4) is 0 Å². The summed E-state index contributed by atoms with van der Waals surface area (Å²) in [5, 5.41) is 2.54. The maximum Gasteiger partial charge on any atom is 0.416 e. The minimum Gasteiger partial charge on any atom is -0.372 e. The largest absolute Gasteiger partial charge is 0.416 e. The molecule has 0 radical (unpaired) electrons. The van der Waals surface area contributed by atoms with Crippen LogP contribution in [-0.2, 0) is 11.0 Å². The van der Waals surface area contributed by atoms with Crippen LogP contribution in [0.25, 0.3) is 0 Å². The van der Waals surface area contributed by atoms with E-state index in [-0.39, 0.29) is 11.6 Å². The first-order valence-corrected chi connectivity index (χ1v) is 5.47. The second-order valence-electron chi connectivity index (χ2n) is 4.29. The molecule has 3 nitrogen and oxygen atoms in total. The standard InChI is InChI=1S/C12H14F4N2O/c1-7(11(19)18(2)3)17-10-5-4-8(6-9(10)13)12(14,15)16/h4-7,17H,1-3H3. The summed E-state index contributed by atoms with van der Waals surface area (Å²) in [7, 11) is 3.06. The van der Waals surface area contributed by atoms with Crippen molar-refractivity contribution in [2.75, 3.05) is 19.4 Å². The third kappa shape index (κ3) is 3.84. The number of rotatable bonds is 3. The zero-order valence-electron chi connectivity index (χ0n) is 10.7. The van der Waals surface area contributed by atoms with Crippen LogP contribution in [0.15, 0.2) is 18.2 Å². The maximum atomic E-state index is 13.5. The first-order chi connectivity index (χ1) is 8.62. The summed E-state index contributed by atoms with van der Waals surface area (Å²) in [6.07, 6.45) is -4.59. The molecule has 19 heavy (non-hydrogen) atoms. The van der Waals surface area contributed by atoms with E-state index in [0.29, 0.717) is 6.07 Å². The topological polar surface area (TPSA) is 32.3 Å². The van der Waals surface area contributed by atoms with E-state index in [2.05, 4.69) is 5.32 Å². The molecule has 0 aliphatic rings. The third-order valence-corrected chi connectivity index (χ3v) is 2.48. The summed E-state index contributed by atoms with van der Waals surface area (Å²) in [6, 6.07) is 1.40. The SMILES string of the molecule is CC(Nc1ccc(C(F)(F)F)cc1F)C(=O)N(C)C. The van der Waals surface area contributed by atoms with Gasteiger partial charge in [0.1, 0.15) is 11.9 Å². The second-order valence-corrected chi connectivity index (χ2v) is 4.29. The normalized spacial score (nSPS) is 13.0. The molecule has 1 rings (SSSR count). The average molecular weight is 278 g/mol. The molecule has 0 saturated heterocycles. The lowest BCUT2D eigenvalue weighted by Crippen LogP contribution is -2.36. The van der Waals surface area contributed by atoms with E-state index < -0.39 is 23.6 Å². The van der Waals surface area contributed by atoms with Gasteiger partial charge in [-0.3, -0.25) is 4.79 Å². The Hall–Kier alpha value is -1.79. The van der Waals surface area contributed by atoms with Crippen molar-refractivity contribution in [2.24, 2.45) is 0 Å². The van der Waals surface area contributed by atoms with Crippen LogP contribution in [0.3, 0.4) is 0 Å². The zero-order chi connectivity index (χ0) is 14.8. The number of amides is 1. The van der Waals surface area contributed by atoms with E-state index in [9.17, 15) is 22.4 Å². The number of carbonyl (C=O) groups excluding carboxylic acids is 1. The summed E-state index contributed by atoms with van der Waals surface area (Å²) in [5.41, 5.74) is -1.21. The Morgan fingerprint density at radius 3 is 2.32 bits per heavy atom. The Bertz CT molecular complexity index is 471. The van der Waals surface area contributed by atoms with Gasteiger partial charge in [0.25, 0.3) is 0 Å². The van der Waals surface area contributed by atoms with Crippen LogP contribution in [0.1, 0.15) is 12.5 Å². The van der Waals surface area contributed by atoms with Crippen LogP contribution in [-0.4, -0.2) is 30.9 Å². The van der Waals surface area contributed by atoms with E-state index in [0.717, 1.165) is 12.1 Å². The average Bonchev–Trinajstić information content (AvgIpc) is 2.29. The van der Waals surface area contributed by atoms with Crippen molar-refractivity contribution in [3.05, 3.63) is 29.6 Å². The van der Waals surface area contributed by atoms with E-state index in [4.69, 9.17) is 0 Å². The number of likely N-dealkylation sites (N-methyl/N-ethyl adjacent to an activating group) is 1. The van der Waals surface area contributed by atoms with Gasteiger partial charge in [-0.25, -0.2) is 4.39 Å². The molecule has 0 heterocycles. The minimum atomic E-state index is -4.59. The summed E-state index contributed by atoms with van der Waals surface area (Å²) < 4.78 is 50.6. The fraction of sp³-hybridized carbons (Fsp3) is 0.417. The highest BCUT2D eigenvalue weighted by Gasteiger charge is 2.31. The Balaban J connectivity index is 2.90. The number of anilines is 1. The molecule has 1 amide bonds. The van der Waals surface area contributed by atoms with Gasteiger partial charge in [-0.1, -0.05) is 0 Å². The van der Waals surface area contributed by atoms with Crippen LogP contribution in [0.4, 0.5) is 23.2 Å². The number of benzene rings is 1. The molecule has 0 aliphatic heterocycles. The molecule has 0 aliphatic carbocycles. The predicted molar refractivity (Wildman–Crippen MR) is 63.2 cm³/mol. The number of carbonyl (C=O) groups is 1. The van der Waals surface area contributed by atoms with Crippen molar-refractivity contribution in [2.45, 2.75) is 19.1 Å². The summed E-state index contributed by atoms with van der Waals surface area (Å²) in [5.74, 6) is -1.35. The first kappa shape index (κ1) is 15.3. The summed E-state index contributed by atoms with van der Waals surface area (Å²) in [6.45, 7) is 1.50. The third-order valence-electron chi connectivity index (χ3n) is 2.48. The van der Waals surface area contributed by atoms with Gasteiger partial charge < -0.3 is 10.2 Å². The number of nitrogens with zero attached hydrogens (tertiary/aromatic N) is 1. The van der Waals surface area contributed by atoms with Crippen LogP contribution in [0.5, 0.6) is 0 Å². The molecule has 0 aromatic heterocycles. The van der Waals surface area contributed by atoms with Crippen LogP contribution in [0, 0.1) is 5.82 Å². The Labute approximate surface area is 108 Å². The Morgan fingerprint density at radius 1 is 1.32 bits per heavy atom. The van der Waals surface area contributed by atoms with Crippen LogP contribution < -0.4 is 5.32 Å². The highest BCUT2D eigenvalue weighted by Crippen LogP contribution is 2.31. The second kappa shape index (κ2) is 5.46. The molecule has 1 atom stereocenters. The molecule has 0 saturated carbocycles. The fourth-order valence-corrected chi connectivity index (χ4v) is 1.49. The van der Waals surface area contributed by atoms with Crippen LogP contribution >= 0.6 is 0 Å². The van der Waals surface area contributed by atoms with E-state index in [1.54, 1.807) is 0 Å². The highest BCUT2D eigenvalue weighted by molar-refractivity contribution is 5.83. The molecular weight excluding hydrogens is 264 g/mol. The lowest BCUT2D eigenvalue weighted by atomic mass is 10.1. The molecule has 1 aromatic carbocycles. The lowest BCUT2D eigenvalue weighted by molar-refractivity contribution is -0.137. The molecule has 1 aromatic rings. The quantitative estimate of drug-likeness (QED) is 0.862. The molecule has 0 bridgehead atoms. The minimum absolute atomic E-state index is 0.143. The van der Waals surface area contributed by atoms with Crippen LogP contribution in [0.2, 0.25) is 0 Å². The Kier molecular flexibility index (Phi) is 4.39. The van der Waals surface area contributed by atoms with Gasteiger partial charge in [0.2, 0.25) is 5.91 Å². The lowest BCUT2D eigenvalue weighted by Gasteiger charge is -2.19.